The lowest BCUT2D eigenvalue weighted by atomic mass is 10.0. The molecule has 4 aromatic rings. The highest BCUT2D eigenvalue weighted by atomic mass is 16.5. The van der Waals surface area contributed by atoms with Crippen LogP contribution in [-0.2, 0) is 0 Å². The van der Waals surface area contributed by atoms with Crippen LogP contribution in [0.4, 0.5) is 5.69 Å². The van der Waals surface area contributed by atoms with Crippen LogP contribution in [0.2, 0.25) is 0 Å². The molecule has 0 bridgehead atoms. The average Bonchev–Trinajstić information content (AvgIpc) is 2.83. The molecule has 0 aliphatic rings. The Bertz CT molecular complexity index is 1340. The predicted octanol–water partition coefficient (Wildman–Crippen LogP) is 4.74. The number of nitrogens with one attached hydrogen (secondary N) is 1. The number of amides is 1. The second-order valence-corrected chi connectivity index (χ2v) is 6.96. The summed E-state index contributed by atoms with van der Waals surface area (Å²) in [6.07, 6.45) is 0. The number of carbonyl (C=O) groups excluding carboxylic acids is 1. The summed E-state index contributed by atoms with van der Waals surface area (Å²) >= 11 is 0. The van der Waals surface area contributed by atoms with Gasteiger partial charge in [-0.3, -0.25) is 4.79 Å². The van der Waals surface area contributed by atoms with E-state index >= 15 is 0 Å². The predicted molar refractivity (Wildman–Crippen MR) is 122 cm³/mol. The van der Waals surface area contributed by atoms with Gasteiger partial charge in [-0.05, 0) is 36.4 Å². The van der Waals surface area contributed by atoms with Crippen LogP contribution < -0.4 is 25.2 Å². The van der Waals surface area contributed by atoms with Crippen molar-refractivity contribution in [3.05, 3.63) is 82.7 Å². The Morgan fingerprint density at radius 3 is 2.22 bits per heavy atom. The zero-order valence-electron chi connectivity index (χ0n) is 17.8. The van der Waals surface area contributed by atoms with Gasteiger partial charge in [0, 0.05) is 34.3 Å². The van der Waals surface area contributed by atoms with E-state index in [1.54, 1.807) is 54.6 Å². The molecule has 7 nitrogen and oxygen atoms in total. The number of hydrogen-bond donors (Lipinski definition) is 1. The number of benzene rings is 3. The van der Waals surface area contributed by atoms with Gasteiger partial charge in [0.05, 0.1) is 26.9 Å². The lowest BCUT2D eigenvalue weighted by Crippen LogP contribution is -2.12. The fourth-order valence-corrected chi connectivity index (χ4v) is 3.38. The van der Waals surface area contributed by atoms with Crippen molar-refractivity contribution in [1.29, 1.82) is 0 Å². The number of ether oxygens (including phenoxy) is 3. The van der Waals surface area contributed by atoms with E-state index in [9.17, 15) is 9.59 Å². The molecule has 0 radical (unpaired) electrons. The maximum Gasteiger partial charge on any atom is 0.344 e. The molecule has 3 aromatic carbocycles. The standard InChI is InChI=1S/C25H21NO6/c1-29-18-10-16(11-19(14-18)30-2)24(27)26-17-8-9-20(23(13-17)31-3)21-12-15-6-4-5-7-22(15)32-25(21)28/h4-14H,1-3H3,(H,26,27). The van der Waals surface area contributed by atoms with Crippen molar-refractivity contribution in [3.63, 3.8) is 0 Å². The molecule has 162 valence electrons. The Morgan fingerprint density at radius 1 is 0.812 bits per heavy atom. The molecular weight excluding hydrogens is 410 g/mol. The number of para-hydroxylation sites is 1. The topological polar surface area (TPSA) is 87.0 Å². The molecule has 4 rings (SSSR count). The third-order valence-corrected chi connectivity index (χ3v) is 5.00. The average molecular weight is 431 g/mol. The van der Waals surface area contributed by atoms with Gasteiger partial charge in [-0.1, -0.05) is 18.2 Å². The summed E-state index contributed by atoms with van der Waals surface area (Å²) < 4.78 is 21.4. The molecule has 0 fully saturated rings. The van der Waals surface area contributed by atoms with Crippen LogP contribution in [0.1, 0.15) is 10.4 Å². The van der Waals surface area contributed by atoms with E-state index in [4.69, 9.17) is 18.6 Å². The highest BCUT2D eigenvalue weighted by Crippen LogP contribution is 2.32. The second kappa shape index (κ2) is 8.85. The molecule has 7 heteroatoms. The van der Waals surface area contributed by atoms with Crippen LogP contribution in [0.15, 0.2) is 75.9 Å². The number of fused-ring (bicyclic) bond motifs is 1. The van der Waals surface area contributed by atoms with E-state index in [2.05, 4.69) is 5.32 Å². The molecule has 1 amide bonds. The molecule has 1 N–H and O–H groups in total. The molecular formula is C25H21NO6. The first kappa shape index (κ1) is 21.0. The van der Waals surface area contributed by atoms with E-state index < -0.39 is 5.63 Å². The zero-order valence-corrected chi connectivity index (χ0v) is 17.8. The first-order chi connectivity index (χ1) is 15.5. The Balaban J connectivity index is 1.67. The van der Waals surface area contributed by atoms with Gasteiger partial charge in [0.15, 0.2) is 0 Å². The van der Waals surface area contributed by atoms with Gasteiger partial charge < -0.3 is 23.9 Å². The van der Waals surface area contributed by atoms with Gasteiger partial charge in [0.25, 0.3) is 5.91 Å². The van der Waals surface area contributed by atoms with E-state index in [1.165, 1.54) is 21.3 Å². The quantitative estimate of drug-likeness (QED) is 0.444. The molecule has 1 aromatic heterocycles. The number of hydrogen-bond acceptors (Lipinski definition) is 6. The maximum absolute atomic E-state index is 12.8. The van der Waals surface area contributed by atoms with Crippen LogP contribution in [-0.4, -0.2) is 27.2 Å². The summed E-state index contributed by atoms with van der Waals surface area (Å²) in [5.41, 5.74) is 1.85. The molecule has 32 heavy (non-hydrogen) atoms. The number of carbonyl (C=O) groups is 1. The monoisotopic (exact) mass is 431 g/mol. The smallest absolute Gasteiger partial charge is 0.344 e. The van der Waals surface area contributed by atoms with Gasteiger partial charge >= 0.3 is 5.63 Å². The molecule has 1 heterocycles. The molecule has 0 unspecified atom stereocenters. The summed E-state index contributed by atoms with van der Waals surface area (Å²) in [6.45, 7) is 0. The largest absolute Gasteiger partial charge is 0.497 e. The Hall–Kier alpha value is -4.26. The molecule has 0 spiro atoms. The van der Waals surface area contributed by atoms with Crippen molar-refractivity contribution in [2.24, 2.45) is 0 Å². The highest BCUT2D eigenvalue weighted by Gasteiger charge is 2.15. The van der Waals surface area contributed by atoms with Gasteiger partial charge in [0.2, 0.25) is 0 Å². The van der Waals surface area contributed by atoms with Gasteiger partial charge in [-0.25, -0.2) is 4.79 Å². The normalized spacial score (nSPS) is 10.6. The molecule has 0 aliphatic carbocycles. The molecule has 0 saturated heterocycles. The SMILES string of the molecule is COc1cc(OC)cc(C(=O)Nc2ccc(-c3cc4ccccc4oc3=O)c(OC)c2)c1. The summed E-state index contributed by atoms with van der Waals surface area (Å²) in [5.74, 6) is 1.09. The van der Waals surface area contributed by atoms with Crippen molar-refractivity contribution in [2.45, 2.75) is 0 Å². The Labute approximate surface area is 184 Å². The first-order valence-corrected chi connectivity index (χ1v) is 9.78. The molecule has 0 aliphatic heterocycles. The van der Waals surface area contributed by atoms with Gasteiger partial charge in [0.1, 0.15) is 22.8 Å². The van der Waals surface area contributed by atoms with E-state index in [1.807, 2.05) is 12.1 Å². The van der Waals surface area contributed by atoms with Crippen LogP contribution >= 0.6 is 0 Å². The van der Waals surface area contributed by atoms with Crippen molar-refractivity contribution in [2.75, 3.05) is 26.6 Å². The molecule has 0 saturated carbocycles. The van der Waals surface area contributed by atoms with E-state index in [0.29, 0.717) is 45.2 Å². The van der Waals surface area contributed by atoms with Crippen molar-refractivity contribution in [1.82, 2.24) is 0 Å². The minimum absolute atomic E-state index is 0.345. The number of rotatable bonds is 6. The highest BCUT2D eigenvalue weighted by molar-refractivity contribution is 6.05. The van der Waals surface area contributed by atoms with Gasteiger partial charge in [-0.2, -0.15) is 0 Å². The zero-order chi connectivity index (χ0) is 22.7. The summed E-state index contributed by atoms with van der Waals surface area (Å²) in [5, 5.41) is 3.63. The summed E-state index contributed by atoms with van der Waals surface area (Å²) in [4.78, 5) is 25.3. The van der Waals surface area contributed by atoms with Gasteiger partial charge in [-0.15, -0.1) is 0 Å². The fourth-order valence-electron chi connectivity index (χ4n) is 3.38. The lowest BCUT2D eigenvalue weighted by molar-refractivity contribution is 0.102. The minimum Gasteiger partial charge on any atom is -0.497 e. The van der Waals surface area contributed by atoms with Crippen molar-refractivity contribution < 1.29 is 23.4 Å². The summed E-state index contributed by atoms with van der Waals surface area (Å²) in [6, 6.07) is 19.0. The van der Waals surface area contributed by atoms with Crippen LogP contribution in [0.5, 0.6) is 17.2 Å². The number of anilines is 1. The fraction of sp³-hybridized carbons (Fsp3) is 0.120. The van der Waals surface area contributed by atoms with Crippen molar-refractivity contribution in [3.8, 4) is 28.4 Å². The van der Waals surface area contributed by atoms with Crippen LogP contribution in [0.25, 0.3) is 22.1 Å². The number of methoxy groups -OCH3 is 3. The van der Waals surface area contributed by atoms with E-state index in [0.717, 1.165) is 5.39 Å². The van der Waals surface area contributed by atoms with Crippen LogP contribution in [0, 0.1) is 0 Å². The second-order valence-electron chi connectivity index (χ2n) is 6.96. The maximum atomic E-state index is 12.8. The molecule has 0 atom stereocenters. The van der Waals surface area contributed by atoms with Crippen LogP contribution in [0.3, 0.4) is 0 Å². The lowest BCUT2D eigenvalue weighted by Gasteiger charge is -2.12. The first-order valence-electron chi connectivity index (χ1n) is 9.78. The van der Waals surface area contributed by atoms with E-state index in [-0.39, 0.29) is 5.91 Å². The minimum atomic E-state index is -0.470. The Kier molecular flexibility index (Phi) is 5.81. The third-order valence-electron chi connectivity index (χ3n) is 5.00. The third kappa shape index (κ3) is 4.13. The Morgan fingerprint density at radius 2 is 1.53 bits per heavy atom. The summed E-state index contributed by atoms with van der Waals surface area (Å²) in [7, 11) is 4.53. The van der Waals surface area contributed by atoms with Crippen molar-refractivity contribution >= 4 is 22.6 Å².